The number of halogens is 1. The van der Waals surface area contributed by atoms with Gasteiger partial charge >= 0.3 is 0 Å². The number of carbonyl (C=O) groups is 2. The van der Waals surface area contributed by atoms with E-state index >= 15 is 0 Å². The third-order valence-electron chi connectivity index (χ3n) is 3.84. The van der Waals surface area contributed by atoms with E-state index < -0.39 is 11.4 Å². The zero-order valence-corrected chi connectivity index (χ0v) is 19.5. The molecular weight excluding hydrogens is 433 g/mol. The number of hydrogen-bond donors (Lipinski definition) is 2. The Morgan fingerprint density at radius 1 is 0.839 bits per heavy atom. The number of nitrogens with one attached hydrogen (secondary N) is 1. The molecular formula is C20H38FNO8S. The van der Waals surface area contributed by atoms with Crippen molar-refractivity contribution in [2.75, 3.05) is 85.8 Å². The molecule has 0 radical (unpaired) electrons. The van der Waals surface area contributed by atoms with Crippen LogP contribution in [0.1, 0.15) is 20.3 Å². The van der Waals surface area contributed by atoms with Crippen LogP contribution in [0.25, 0.3) is 0 Å². The third kappa shape index (κ3) is 23.7. The molecule has 1 amide bonds. The van der Waals surface area contributed by atoms with Crippen LogP contribution >= 0.6 is 12.6 Å². The first-order chi connectivity index (χ1) is 14.9. The van der Waals surface area contributed by atoms with Crippen molar-refractivity contribution in [1.29, 1.82) is 0 Å². The van der Waals surface area contributed by atoms with Gasteiger partial charge in [-0.15, -0.1) is 0 Å². The molecule has 0 aromatic carbocycles. The maximum atomic E-state index is 13.2. The first kappa shape index (κ1) is 30.2. The number of amides is 1. The minimum Gasteiger partial charge on any atom is -0.379 e. The Kier molecular flexibility index (Phi) is 20.5. The number of rotatable bonds is 23. The van der Waals surface area contributed by atoms with Gasteiger partial charge in [0.15, 0.2) is 0 Å². The van der Waals surface area contributed by atoms with Gasteiger partial charge in [-0.2, -0.15) is 0 Å². The van der Waals surface area contributed by atoms with Crippen molar-refractivity contribution < 1.29 is 42.4 Å². The van der Waals surface area contributed by atoms with Crippen LogP contribution in [-0.4, -0.2) is 104 Å². The van der Waals surface area contributed by atoms with Crippen LogP contribution in [-0.2, 0) is 33.2 Å². The molecule has 0 heterocycles. The summed E-state index contributed by atoms with van der Waals surface area (Å²) in [6.07, 6.45) is 0.362. The van der Waals surface area contributed by atoms with Gasteiger partial charge in [0.25, 0.3) is 5.24 Å². The Bertz CT molecular complexity index is 445. The number of ether oxygens (including phenoxy) is 6. The minimum absolute atomic E-state index is 0.109. The second-order valence-electron chi connectivity index (χ2n) is 7.28. The summed E-state index contributed by atoms with van der Waals surface area (Å²) < 4.78 is 45.2. The van der Waals surface area contributed by atoms with Crippen LogP contribution in [0.4, 0.5) is 9.18 Å². The molecule has 0 rings (SSSR count). The van der Waals surface area contributed by atoms with Gasteiger partial charge in [-0.1, -0.05) is 26.5 Å². The van der Waals surface area contributed by atoms with Crippen molar-refractivity contribution in [3.63, 3.8) is 0 Å². The summed E-state index contributed by atoms with van der Waals surface area (Å²) in [5, 5.41) is 1.68. The average Bonchev–Trinajstić information content (AvgIpc) is 2.73. The van der Waals surface area contributed by atoms with Crippen molar-refractivity contribution >= 4 is 24.2 Å². The van der Waals surface area contributed by atoms with Crippen molar-refractivity contribution in [2.45, 2.75) is 26.4 Å². The van der Waals surface area contributed by atoms with Gasteiger partial charge in [0, 0.05) is 12.0 Å². The minimum atomic E-state index is -1.27. The average molecular weight is 472 g/mol. The van der Waals surface area contributed by atoms with Gasteiger partial charge in [-0.25, -0.2) is 4.39 Å². The predicted octanol–water partition coefficient (Wildman–Crippen LogP) is 1.68. The van der Waals surface area contributed by atoms with Gasteiger partial charge in [0.05, 0.1) is 79.2 Å². The standard InChI is InChI=1S/C20H38FNO8S/c1-20(2,17-23)3-4-25-5-6-26-7-8-27-9-10-28-11-12-29-13-14-30-16-18(21)15-22-19(24)31/h17-18H,3-16H2,1-2H3,(H2,22,24,31). The van der Waals surface area contributed by atoms with E-state index in [0.29, 0.717) is 72.5 Å². The molecule has 0 aromatic rings. The summed E-state index contributed by atoms with van der Waals surface area (Å²) in [4.78, 5) is 21.3. The Hall–Kier alpha value is -0.820. The highest BCUT2D eigenvalue weighted by atomic mass is 32.1. The first-order valence-corrected chi connectivity index (χ1v) is 10.9. The van der Waals surface area contributed by atoms with Crippen LogP contribution in [0.5, 0.6) is 0 Å². The zero-order chi connectivity index (χ0) is 23.2. The molecule has 1 N–H and O–H groups in total. The van der Waals surface area contributed by atoms with E-state index in [0.717, 1.165) is 6.29 Å². The molecule has 0 saturated carbocycles. The first-order valence-electron chi connectivity index (χ1n) is 10.4. The molecule has 1 unspecified atom stereocenters. The predicted molar refractivity (Wildman–Crippen MR) is 117 cm³/mol. The van der Waals surface area contributed by atoms with E-state index in [1.807, 2.05) is 13.8 Å². The molecule has 0 saturated heterocycles. The quantitative estimate of drug-likeness (QED) is 0.132. The molecule has 9 nitrogen and oxygen atoms in total. The van der Waals surface area contributed by atoms with Crippen molar-refractivity contribution in [1.82, 2.24) is 5.32 Å². The second kappa shape index (κ2) is 21.0. The highest BCUT2D eigenvalue weighted by Crippen LogP contribution is 2.15. The van der Waals surface area contributed by atoms with Crippen molar-refractivity contribution in [2.24, 2.45) is 5.41 Å². The second-order valence-corrected chi connectivity index (χ2v) is 7.68. The van der Waals surface area contributed by atoms with Gasteiger partial charge in [0.2, 0.25) is 0 Å². The lowest BCUT2D eigenvalue weighted by atomic mass is 9.92. The fourth-order valence-electron chi connectivity index (χ4n) is 1.96. The number of carbonyl (C=O) groups excluding carboxylic acids is 2. The monoisotopic (exact) mass is 471 g/mol. The lowest BCUT2D eigenvalue weighted by Crippen LogP contribution is -2.29. The molecule has 184 valence electrons. The van der Waals surface area contributed by atoms with E-state index in [4.69, 9.17) is 28.4 Å². The summed E-state index contributed by atoms with van der Waals surface area (Å²) in [5.74, 6) is 0. The zero-order valence-electron chi connectivity index (χ0n) is 18.6. The molecule has 0 aliphatic rings. The maximum Gasteiger partial charge on any atom is 0.276 e. The van der Waals surface area contributed by atoms with Crippen molar-refractivity contribution in [3.05, 3.63) is 0 Å². The third-order valence-corrected chi connectivity index (χ3v) is 4.00. The number of hydrogen-bond acceptors (Lipinski definition) is 8. The molecule has 0 bridgehead atoms. The lowest BCUT2D eigenvalue weighted by Gasteiger charge is -2.16. The van der Waals surface area contributed by atoms with E-state index in [1.54, 1.807) is 0 Å². The summed E-state index contributed by atoms with van der Waals surface area (Å²) in [6.45, 7) is 8.35. The summed E-state index contributed by atoms with van der Waals surface area (Å²) in [6, 6.07) is 0. The molecule has 0 aromatic heterocycles. The summed E-state index contributed by atoms with van der Waals surface area (Å²) >= 11 is 3.48. The molecule has 0 spiro atoms. The number of aldehydes is 1. The Balaban J connectivity index is 3.15. The lowest BCUT2D eigenvalue weighted by molar-refractivity contribution is -0.115. The van der Waals surface area contributed by atoms with Crippen LogP contribution in [0.2, 0.25) is 0 Å². The highest BCUT2D eigenvalue weighted by Gasteiger charge is 2.15. The van der Waals surface area contributed by atoms with Crippen molar-refractivity contribution in [3.8, 4) is 0 Å². The van der Waals surface area contributed by atoms with Gasteiger partial charge in [-0.05, 0) is 6.42 Å². The topological polar surface area (TPSA) is 102 Å². The molecule has 11 heteroatoms. The van der Waals surface area contributed by atoms with E-state index in [-0.39, 0.29) is 25.2 Å². The molecule has 0 aliphatic heterocycles. The number of alkyl halides is 1. The SMILES string of the molecule is CC(C)(C=O)CCOCCOCCOCCOCCOCCOCC(F)CNC(=O)S. The summed E-state index contributed by atoms with van der Waals surface area (Å²) in [7, 11) is 0. The highest BCUT2D eigenvalue weighted by molar-refractivity contribution is 7.96. The van der Waals surface area contributed by atoms with Gasteiger partial charge < -0.3 is 38.5 Å². The van der Waals surface area contributed by atoms with Crippen LogP contribution < -0.4 is 5.32 Å². The Morgan fingerprint density at radius 2 is 1.23 bits per heavy atom. The van der Waals surface area contributed by atoms with E-state index in [2.05, 4.69) is 17.9 Å². The molecule has 31 heavy (non-hydrogen) atoms. The fourth-order valence-corrected chi connectivity index (χ4v) is 2.05. The van der Waals surface area contributed by atoms with E-state index in [9.17, 15) is 14.0 Å². The number of thiol groups is 1. The van der Waals surface area contributed by atoms with Gasteiger partial charge in [0.1, 0.15) is 12.5 Å². The Labute approximate surface area is 190 Å². The smallest absolute Gasteiger partial charge is 0.276 e. The van der Waals surface area contributed by atoms with Crippen LogP contribution in [0.3, 0.4) is 0 Å². The summed E-state index contributed by atoms with van der Waals surface area (Å²) in [5.41, 5.74) is -0.342. The fraction of sp³-hybridized carbons (Fsp3) is 0.900. The molecule has 1 atom stereocenters. The van der Waals surface area contributed by atoms with Crippen LogP contribution in [0.15, 0.2) is 0 Å². The maximum absolute atomic E-state index is 13.2. The van der Waals surface area contributed by atoms with E-state index in [1.165, 1.54) is 0 Å². The van der Waals surface area contributed by atoms with Gasteiger partial charge in [-0.3, -0.25) is 4.79 Å². The Morgan fingerprint density at radius 3 is 1.61 bits per heavy atom. The van der Waals surface area contributed by atoms with Crippen LogP contribution in [0, 0.1) is 5.41 Å². The molecule has 0 fully saturated rings. The molecule has 0 aliphatic carbocycles. The largest absolute Gasteiger partial charge is 0.379 e. The normalized spacial score (nSPS) is 12.6.